The number of rotatable bonds is 4. The Morgan fingerprint density at radius 3 is 2.65 bits per heavy atom. The molecule has 1 aromatic heterocycles. The van der Waals surface area contributed by atoms with Crippen LogP contribution in [0.4, 0.5) is 4.79 Å². The van der Waals surface area contributed by atoms with Crippen LogP contribution in [0.25, 0.3) is 0 Å². The van der Waals surface area contributed by atoms with Crippen LogP contribution in [0.15, 0.2) is 42.7 Å². The number of carbonyl (C=O) groups excluding carboxylic acids is 1. The number of aromatic nitrogens is 2. The molecular formula is C17H21N3O3. The van der Waals surface area contributed by atoms with Gasteiger partial charge in [0, 0.05) is 19.6 Å². The third kappa shape index (κ3) is 4.25. The Balaban J connectivity index is 1.42. The Morgan fingerprint density at radius 2 is 2.00 bits per heavy atom. The molecule has 0 aliphatic carbocycles. The van der Waals surface area contributed by atoms with Gasteiger partial charge in [0.15, 0.2) is 5.75 Å². The van der Waals surface area contributed by atoms with Crippen LogP contribution in [0.1, 0.15) is 18.4 Å². The summed E-state index contributed by atoms with van der Waals surface area (Å²) >= 11 is 0. The van der Waals surface area contributed by atoms with Crippen LogP contribution in [-0.4, -0.2) is 39.0 Å². The lowest BCUT2D eigenvalue weighted by Gasteiger charge is -2.31. The van der Waals surface area contributed by atoms with E-state index < -0.39 is 0 Å². The van der Waals surface area contributed by atoms with Gasteiger partial charge in [-0.25, -0.2) is 4.79 Å². The molecule has 1 amide bonds. The summed E-state index contributed by atoms with van der Waals surface area (Å²) in [5.74, 6) is 0.652. The van der Waals surface area contributed by atoms with Gasteiger partial charge >= 0.3 is 6.09 Å². The second kappa shape index (κ2) is 7.17. The maximum Gasteiger partial charge on any atom is 0.410 e. The number of aromatic hydroxyl groups is 1. The van der Waals surface area contributed by atoms with E-state index in [1.165, 1.54) is 6.20 Å². The van der Waals surface area contributed by atoms with Crippen molar-refractivity contribution in [1.82, 2.24) is 14.7 Å². The first-order valence-corrected chi connectivity index (χ1v) is 7.88. The molecule has 3 rings (SSSR count). The van der Waals surface area contributed by atoms with Crippen LogP contribution in [-0.2, 0) is 17.9 Å². The van der Waals surface area contributed by atoms with Crippen molar-refractivity contribution in [2.75, 3.05) is 13.1 Å². The highest BCUT2D eigenvalue weighted by atomic mass is 16.6. The normalized spacial score (nSPS) is 15.6. The highest BCUT2D eigenvalue weighted by Crippen LogP contribution is 2.20. The zero-order valence-electron chi connectivity index (χ0n) is 13.0. The lowest BCUT2D eigenvalue weighted by Crippen LogP contribution is -2.39. The number of hydrogen-bond acceptors (Lipinski definition) is 4. The van der Waals surface area contributed by atoms with Crippen LogP contribution in [0.2, 0.25) is 0 Å². The average molecular weight is 315 g/mol. The third-order valence-electron chi connectivity index (χ3n) is 4.14. The zero-order valence-corrected chi connectivity index (χ0v) is 13.0. The molecule has 6 heteroatoms. The Bertz CT molecular complexity index is 634. The first-order valence-electron chi connectivity index (χ1n) is 7.88. The van der Waals surface area contributed by atoms with Crippen molar-refractivity contribution in [3.8, 4) is 5.75 Å². The highest BCUT2D eigenvalue weighted by molar-refractivity contribution is 5.67. The summed E-state index contributed by atoms with van der Waals surface area (Å²) in [5, 5.41) is 13.4. The van der Waals surface area contributed by atoms with Gasteiger partial charge in [-0.2, -0.15) is 5.10 Å². The molecule has 2 aromatic rings. The second-order valence-electron chi connectivity index (χ2n) is 5.89. The largest absolute Gasteiger partial charge is 0.505 e. The summed E-state index contributed by atoms with van der Waals surface area (Å²) in [4.78, 5) is 13.9. The van der Waals surface area contributed by atoms with Crippen LogP contribution >= 0.6 is 0 Å². The van der Waals surface area contributed by atoms with E-state index in [4.69, 9.17) is 4.74 Å². The molecular weight excluding hydrogens is 294 g/mol. The maximum absolute atomic E-state index is 12.1. The summed E-state index contributed by atoms with van der Waals surface area (Å²) in [6.45, 7) is 2.48. The quantitative estimate of drug-likeness (QED) is 0.942. The smallest absolute Gasteiger partial charge is 0.410 e. The van der Waals surface area contributed by atoms with Crippen molar-refractivity contribution in [3.05, 3.63) is 48.3 Å². The van der Waals surface area contributed by atoms with Crippen molar-refractivity contribution in [2.24, 2.45) is 5.92 Å². The fraction of sp³-hybridized carbons (Fsp3) is 0.412. The minimum Gasteiger partial charge on any atom is -0.505 e. The second-order valence-corrected chi connectivity index (χ2v) is 5.89. The fourth-order valence-corrected chi connectivity index (χ4v) is 2.83. The number of nitrogens with zero attached hydrogens (tertiary/aromatic N) is 3. The van der Waals surface area contributed by atoms with E-state index in [1.807, 2.05) is 30.3 Å². The first kappa shape index (κ1) is 15.4. The maximum atomic E-state index is 12.1. The Morgan fingerprint density at radius 1 is 1.26 bits per heavy atom. The molecule has 23 heavy (non-hydrogen) atoms. The summed E-state index contributed by atoms with van der Waals surface area (Å²) < 4.78 is 7.11. The molecule has 1 aliphatic heterocycles. The van der Waals surface area contributed by atoms with E-state index >= 15 is 0 Å². The highest BCUT2D eigenvalue weighted by Gasteiger charge is 2.24. The minimum atomic E-state index is -0.246. The van der Waals surface area contributed by atoms with E-state index in [9.17, 15) is 9.90 Å². The third-order valence-corrected chi connectivity index (χ3v) is 4.14. The van der Waals surface area contributed by atoms with Gasteiger partial charge in [-0.05, 0) is 24.3 Å². The Kier molecular flexibility index (Phi) is 4.80. The van der Waals surface area contributed by atoms with Gasteiger partial charge in [-0.3, -0.25) is 4.68 Å². The van der Waals surface area contributed by atoms with Crippen LogP contribution < -0.4 is 0 Å². The number of hydrogen-bond donors (Lipinski definition) is 1. The minimum absolute atomic E-state index is 0.187. The summed E-state index contributed by atoms with van der Waals surface area (Å²) in [6.07, 6.45) is 4.66. The van der Waals surface area contributed by atoms with Gasteiger partial charge in [0.2, 0.25) is 0 Å². The van der Waals surface area contributed by atoms with Gasteiger partial charge in [-0.1, -0.05) is 30.3 Å². The Hall–Kier alpha value is -2.50. The van der Waals surface area contributed by atoms with E-state index in [-0.39, 0.29) is 11.8 Å². The van der Waals surface area contributed by atoms with Crippen LogP contribution in [0.3, 0.4) is 0 Å². The molecule has 1 aromatic carbocycles. The molecule has 0 radical (unpaired) electrons. The standard InChI is InChI=1S/C17H21N3O3/c21-16-10-18-20(12-16)11-14-6-8-19(9-7-14)17(22)23-13-15-4-2-1-3-5-15/h1-5,10,12,14,21H,6-9,11,13H2. The molecule has 2 heterocycles. The van der Waals surface area contributed by atoms with Crippen molar-refractivity contribution in [3.63, 3.8) is 0 Å². The summed E-state index contributed by atoms with van der Waals surface area (Å²) in [6, 6.07) is 9.69. The van der Waals surface area contributed by atoms with E-state index in [2.05, 4.69) is 5.10 Å². The summed E-state index contributed by atoms with van der Waals surface area (Å²) in [5.41, 5.74) is 0.995. The number of piperidine rings is 1. The van der Waals surface area contributed by atoms with Gasteiger partial charge in [0.05, 0.1) is 12.4 Å². The van der Waals surface area contributed by atoms with Crippen molar-refractivity contribution < 1.29 is 14.6 Å². The summed E-state index contributed by atoms with van der Waals surface area (Å²) in [7, 11) is 0. The van der Waals surface area contributed by atoms with E-state index in [0.29, 0.717) is 25.6 Å². The first-order chi connectivity index (χ1) is 11.2. The van der Waals surface area contributed by atoms with Gasteiger partial charge in [-0.15, -0.1) is 0 Å². The van der Waals surface area contributed by atoms with Gasteiger partial charge < -0.3 is 14.7 Å². The average Bonchev–Trinajstić information content (AvgIpc) is 2.99. The number of carbonyl (C=O) groups is 1. The number of likely N-dealkylation sites (tertiary alicyclic amines) is 1. The van der Waals surface area contributed by atoms with Gasteiger partial charge in [0.25, 0.3) is 0 Å². The molecule has 1 aliphatic rings. The number of benzene rings is 1. The fourth-order valence-electron chi connectivity index (χ4n) is 2.83. The SMILES string of the molecule is O=C(OCc1ccccc1)N1CCC(Cn2cc(O)cn2)CC1. The molecule has 1 N–H and O–H groups in total. The van der Waals surface area contributed by atoms with E-state index in [1.54, 1.807) is 15.8 Å². The lowest BCUT2D eigenvalue weighted by atomic mass is 9.97. The molecule has 6 nitrogen and oxygen atoms in total. The number of ether oxygens (including phenoxy) is 1. The predicted octanol–water partition coefficient (Wildman–Crippen LogP) is 2.64. The van der Waals surface area contributed by atoms with Crippen molar-refractivity contribution in [1.29, 1.82) is 0 Å². The molecule has 0 saturated carbocycles. The van der Waals surface area contributed by atoms with Crippen LogP contribution in [0, 0.1) is 5.92 Å². The van der Waals surface area contributed by atoms with Gasteiger partial charge in [0.1, 0.15) is 6.61 Å². The van der Waals surface area contributed by atoms with Crippen LogP contribution in [0.5, 0.6) is 5.75 Å². The topological polar surface area (TPSA) is 67.6 Å². The zero-order chi connectivity index (χ0) is 16.1. The molecule has 0 spiro atoms. The van der Waals surface area contributed by atoms with Crippen molar-refractivity contribution >= 4 is 6.09 Å². The molecule has 0 atom stereocenters. The molecule has 1 saturated heterocycles. The molecule has 0 bridgehead atoms. The molecule has 1 fully saturated rings. The van der Waals surface area contributed by atoms with Crippen molar-refractivity contribution in [2.45, 2.75) is 26.0 Å². The van der Waals surface area contributed by atoms with E-state index in [0.717, 1.165) is 24.9 Å². The monoisotopic (exact) mass is 315 g/mol. The lowest BCUT2D eigenvalue weighted by molar-refractivity contribution is 0.0803. The molecule has 122 valence electrons. The molecule has 0 unspecified atom stereocenters. The predicted molar refractivity (Wildman–Crippen MR) is 84.8 cm³/mol. The Labute approximate surface area is 135 Å². The number of amides is 1.